The van der Waals surface area contributed by atoms with Crippen molar-refractivity contribution in [3.63, 3.8) is 0 Å². The van der Waals surface area contributed by atoms with Crippen molar-refractivity contribution in [3.8, 4) is 0 Å². The van der Waals surface area contributed by atoms with Crippen LogP contribution in [0.2, 0.25) is 0 Å². The summed E-state index contributed by atoms with van der Waals surface area (Å²) in [7, 11) is 0. The molecule has 0 bridgehead atoms. The van der Waals surface area contributed by atoms with Crippen LogP contribution in [0.25, 0.3) is 5.57 Å². The Balaban J connectivity index is 2.40. The van der Waals surface area contributed by atoms with Gasteiger partial charge < -0.3 is 0 Å². The first-order valence-electron chi connectivity index (χ1n) is 5.66. The monoisotopic (exact) mass is 186 g/mol. The minimum absolute atomic E-state index is 1.20. The van der Waals surface area contributed by atoms with E-state index < -0.39 is 0 Å². The van der Waals surface area contributed by atoms with Crippen LogP contribution >= 0.6 is 0 Å². The van der Waals surface area contributed by atoms with Gasteiger partial charge in [-0.3, -0.25) is 0 Å². The van der Waals surface area contributed by atoms with Gasteiger partial charge in [0.15, 0.2) is 0 Å². The number of fused-ring (bicyclic) bond motifs is 1. The van der Waals surface area contributed by atoms with Crippen molar-refractivity contribution in [2.75, 3.05) is 0 Å². The molecule has 74 valence electrons. The number of hydrogen-bond acceptors (Lipinski definition) is 0. The molecule has 1 aromatic carbocycles. The normalized spacial score (nSPS) is 14.7. The topological polar surface area (TPSA) is 0 Å². The fourth-order valence-electron chi connectivity index (χ4n) is 2.40. The number of benzene rings is 1. The Morgan fingerprint density at radius 1 is 1.14 bits per heavy atom. The fourth-order valence-corrected chi connectivity index (χ4v) is 2.40. The molecule has 0 atom stereocenters. The van der Waals surface area contributed by atoms with E-state index in [1.54, 1.807) is 11.1 Å². The van der Waals surface area contributed by atoms with Gasteiger partial charge in [-0.25, -0.2) is 0 Å². The quantitative estimate of drug-likeness (QED) is 0.663. The van der Waals surface area contributed by atoms with E-state index in [1.165, 1.54) is 36.8 Å². The van der Waals surface area contributed by atoms with Crippen LogP contribution in [0, 0.1) is 0 Å². The molecular weight excluding hydrogens is 168 g/mol. The fraction of sp³-hybridized carbons (Fsp3) is 0.429. The second-order valence-corrected chi connectivity index (χ2v) is 4.02. The second-order valence-electron chi connectivity index (χ2n) is 4.02. The van der Waals surface area contributed by atoms with Crippen molar-refractivity contribution in [1.29, 1.82) is 0 Å². The number of allylic oxidation sites excluding steroid dienone is 2. The molecule has 0 nitrogen and oxygen atoms in total. The zero-order valence-electron chi connectivity index (χ0n) is 9.14. The van der Waals surface area contributed by atoms with Crippen LogP contribution in [0.15, 0.2) is 29.8 Å². The highest BCUT2D eigenvalue weighted by Crippen LogP contribution is 2.36. The van der Waals surface area contributed by atoms with E-state index in [0.717, 1.165) is 0 Å². The Bertz CT molecular complexity index is 358. The molecule has 0 aliphatic heterocycles. The lowest BCUT2D eigenvalue weighted by molar-refractivity contribution is 0.953. The summed E-state index contributed by atoms with van der Waals surface area (Å²) in [5.41, 5.74) is 6.35. The van der Waals surface area contributed by atoms with Gasteiger partial charge in [-0.15, -0.1) is 0 Å². The maximum atomic E-state index is 2.28. The van der Waals surface area contributed by atoms with E-state index in [9.17, 15) is 0 Å². The summed E-state index contributed by atoms with van der Waals surface area (Å²) in [6, 6.07) is 8.87. The highest BCUT2D eigenvalue weighted by molar-refractivity contribution is 5.76. The van der Waals surface area contributed by atoms with E-state index >= 15 is 0 Å². The van der Waals surface area contributed by atoms with Crippen molar-refractivity contribution in [3.05, 3.63) is 41.0 Å². The Morgan fingerprint density at radius 3 is 2.64 bits per heavy atom. The Hall–Kier alpha value is -1.04. The van der Waals surface area contributed by atoms with Gasteiger partial charge in [0.2, 0.25) is 0 Å². The van der Waals surface area contributed by atoms with Gasteiger partial charge in [0, 0.05) is 0 Å². The van der Waals surface area contributed by atoms with E-state index in [2.05, 4.69) is 38.1 Å². The zero-order chi connectivity index (χ0) is 9.97. The summed E-state index contributed by atoms with van der Waals surface area (Å²) in [6.45, 7) is 4.54. The van der Waals surface area contributed by atoms with Gasteiger partial charge >= 0.3 is 0 Å². The van der Waals surface area contributed by atoms with E-state index in [-0.39, 0.29) is 0 Å². The molecule has 0 fully saturated rings. The van der Waals surface area contributed by atoms with Crippen molar-refractivity contribution in [2.45, 2.75) is 39.5 Å². The van der Waals surface area contributed by atoms with Crippen LogP contribution in [0.1, 0.15) is 44.2 Å². The maximum absolute atomic E-state index is 2.28. The van der Waals surface area contributed by atoms with Gasteiger partial charge in [-0.05, 0) is 36.0 Å². The van der Waals surface area contributed by atoms with Crippen molar-refractivity contribution in [2.24, 2.45) is 0 Å². The van der Waals surface area contributed by atoms with Crippen LogP contribution < -0.4 is 0 Å². The van der Waals surface area contributed by atoms with E-state index in [4.69, 9.17) is 0 Å². The van der Waals surface area contributed by atoms with Crippen molar-refractivity contribution >= 4 is 5.57 Å². The number of hydrogen-bond donors (Lipinski definition) is 0. The molecule has 2 rings (SSSR count). The Labute approximate surface area is 86.7 Å². The molecule has 1 aliphatic rings. The molecule has 0 amide bonds. The standard InChI is InChI=1S/C14H18/c1-3-7-13-11(4-2)10-12-8-5-6-9-14(12)13/h5-6,8-9H,3-4,7,10H2,1-2H3. The first kappa shape index (κ1) is 9.51. The molecule has 0 N–H and O–H groups in total. The van der Waals surface area contributed by atoms with E-state index in [0.29, 0.717) is 0 Å². The highest BCUT2D eigenvalue weighted by atomic mass is 14.2. The molecule has 1 aliphatic carbocycles. The Morgan fingerprint density at radius 2 is 1.93 bits per heavy atom. The molecule has 0 heterocycles. The van der Waals surface area contributed by atoms with Crippen LogP contribution in [0.5, 0.6) is 0 Å². The SMILES string of the molecule is CCCC1=C(CC)Cc2ccccc21. The average molecular weight is 186 g/mol. The molecule has 0 spiro atoms. The van der Waals surface area contributed by atoms with Crippen molar-refractivity contribution in [1.82, 2.24) is 0 Å². The Kier molecular flexibility index (Phi) is 2.72. The van der Waals surface area contributed by atoms with Crippen molar-refractivity contribution < 1.29 is 0 Å². The molecule has 0 aromatic heterocycles. The predicted molar refractivity (Wildman–Crippen MR) is 62.3 cm³/mol. The summed E-state index contributed by atoms with van der Waals surface area (Å²) in [5.74, 6) is 0. The molecule has 0 saturated carbocycles. The molecule has 0 unspecified atom stereocenters. The third-order valence-corrected chi connectivity index (χ3v) is 3.10. The minimum atomic E-state index is 1.20. The second kappa shape index (κ2) is 4.00. The molecule has 0 heteroatoms. The summed E-state index contributed by atoms with van der Waals surface area (Å²) < 4.78 is 0. The van der Waals surface area contributed by atoms with E-state index in [1.807, 2.05) is 0 Å². The third-order valence-electron chi connectivity index (χ3n) is 3.10. The maximum Gasteiger partial charge on any atom is -0.00551 e. The van der Waals surface area contributed by atoms with Crippen LogP contribution in [-0.4, -0.2) is 0 Å². The van der Waals surface area contributed by atoms with Gasteiger partial charge in [-0.1, -0.05) is 50.1 Å². The summed E-state index contributed by atoms with van der Waals surface area (Å²) in [5, 5.41) is 0. The first-order valence-corrected chi connectivity index (χ1v) is 5.66. The molecular formula is C14H18. The summed E-state index contributed by atoms with van der Waals surface area (Å²) in [4.78, 5) is 0. The minimum Gasteiger partial charge on any atom is -0.0651 e. The lowest BCUT2D eigenvalue weighted by Crippen LogP contribution is -1.83. The highest BCUT2D eigenvalue weighted by Gasteiger charge is 2.18. The average Bonchev–Trinajstić information content (AvgIpc) is 2.58. The summed E-state index contributed by atoms with van der Waals surface area (Å²) >= 11 is 0. The first-order chi connectivity index (χ1) is 6.86. The van der Waals surface area contributed by atoms with Crippen LogP contribution in [0.4, 0.5) is 0 Å². The molecule has 1 aromatic rings. The number of rotatable bonds is 3. The van der Waals surface area contributed by atoms with Gasteiger partial charge in [0.25, 0.3) is 0 Å². The smallest absolute Gasteiger partial charge is 0.00551 e. The van der Waals surface area contributed by atoms with Gasteiger partial charge in [-0.2, -0.15) is 0 Å². The van der Waals surface area contributed by atoms with Crippen LogP contribution in [-0.2, 0) is 6.42 Å². The third kappa shape index (κ3) is 1.50. The molecule has 0 radical (unpaired) electrons. The lowest BCUT2D eigenvalue weighted by Gasteiger charge is -2.05. The zero-order valence-corrected chi connectivity index (χ0v) is 9.14. The molecule has 0 saturated heterocycles. The largest absolute Gasteiger partial charge is 0.0651 e. The van der Waals surface area contributed by atoms with Crippen LogP contribution in [0.3, 0.4) is 0 Å². The predicted octanol–water partition coefficient (Wildman–Crippen LogP) is 4.21. The van der Waals surface area contributed by atoms with Gasteiger partial charge in [0.1, 0.15) is 0 Å². The van der Waals surface area contributed by atoms with Gasteiger partial charge in [0.05, 0.1) is 0 Å². The lowest BCUT2D eigenvalue weighted by atomic mass is 10.0. The molecule has 14 heavy (non-hydrogen) atoms. The summed E-state index contributed by atoms with van der Waals surface area (Å²) in [6.07, 6.45) is 4.92.